The summed E-state index contributed by atoms with van der Waals surface area (Å²) in [6.07, 6.45) is 0. The molecule has 0 aliphatic carbocycles. The first-order chi connectivity index (χ1) is 13.9. The first kappa shape index (κ1) is 20.2. The van der Waals surface area contributed by atoms with Crippen LogP contribution in [-0.2, 0) is 4.74 Å². The Kier molecular flexibility index (Phi) is 5.99. The van der Waals surface area contributed by atoms with Crippen LogP contribution in [0.4, 0.5) is 11.4 Å². The SMILES string of the molecule is CCOC(=O)c1cc(C(=O)Nc2ccc(-c3csc(C)n3)cc2)cc([N+](=O)[O-])c1. The Balaban J connectivity index is 1.82. The molecule has 1 aromatic heterocycles. The molecule has 2 aromatic carbocycles. The van der Waals surface area contributed by atoms with Crippen molar-refractivity contribution in [3.8, 4) is 11.3 Å². The molecule has 29 heavy (non-hydrogen) atoms. The summed E-state index contributed by atoms with van der Waals surface area (Å²) in [5, 5.41) is 16.7. The minimum absolute atomic E-state index is 0.0125. The number of esters is 1. The van der Waals surface area contributed by atoms with Gasteiger partial charge in [0.1, 0.15) is 0 Å². The lowest BCUT2D eigenvalue weighted by atomic mass is 10.1. The van der Waals surface area contributed by atoms with Crippen LogP contribution in [0.5, 0.6) is 0 Å². The summed E-state index contributed by atoms with van der Waals surface area (Å²) in [6, 6.07) is 10.5. The molecule has 0 bridgehead atoms. The molecule has 1 amide bonds. The van der Waals surface area contributed by atoms with E-state index >= 15 is 0 Å². The molecule has 0 fully saturated rings. The molecule has 0 saturated heterocycles. The van der Waals surface area contributed by atoms with E-state index in [-0.39, 0.29) is 23.4 Å². The second-order valence-electron chi connectivity index (χ2n) is 6.03. The predicted octanol–water partition coefficient (Wildman–Crippen LogP) is 4.46. The van der Waals surface area contributed by atoms with Gasteiger partial charge in [0.05, 0.1) is 27.8 Å². The van der Waals surface area contributed by atoms with Crippen LogP contribution in [0.25, 0.3) is 11.3 Å². The average Bonchev–Trinajstić information content (AvgIpc) is 3.14. The quantitative estimate of drug-likeness (QED) is 0.364. The van der Waals surface area contributed by atoms with E-state index in [1.165, 1.54) is 6.07 Å². The van der Waals surface area contributed by atoms with Crippen LogP contribution in [-0.4, -0.2) is 28.4 Å². The number of hydrogen-bond donors (Lipinski definition) is 1. The number of nitro groups is 1. The number of nitrogens with zero attached hydrogens (tertiary/aromatic N) is 2. The van der Waals surface area contributed by atoms with Crippen LogP contribution in [0.3, 0.4) is 0 Å². The van der Waals surface area contributed by atoms with Crippen molar-refractivity contribution in [3.05, 3.63) is 74.1 Å². The first-order valence-electron chi connectivity index (χ1n) is 8.68. The maximum atomic E-state index is 12.6. The number of non-ortho nitro benzene ring substituents is 1. The summed E-state index contributed by atoms with van der Waals surface area (Å²) in [5.74, 6) is -1.30. The Morgan fingerprint density at radius 2 is 1.86 bits per heavy atom. The molecule has 0 unspecified atom stereocenters. The van der Waals surface area contributed by atoms with E-state index < -0.39 is 16.8 Å². The van der Waals surface area contributed by atoms with Gasteiger partial charge in [0.2, 0.25) is 0 Å². The first-order valence-corrected chi connectivity index (χ1v) is 9.56. The van der Waals surface area contributed by atoms with E-state index in [2.05, 4.69) is 10.3 Å². The molecular weight excluding hydrogens is 394 g/mol. The highest BCUT2D eigenvalue weighted by Gasteiger charge is 2.19. The molecule has 0 atom stereocenters. The molecule has 0 spiro atoms. The van der Waals surface area contributed by atoms with E-state index in [9.17, 15) is 19.7 Å². The highest BCUT2D eigenvalue weighted by Crippen LogP contribution is 2.24. The zero-order valence-corrected chi connectivity index (χ0v) is 16.5. The fourth-order valence-corrected chi connectivity index (χ4v) is 3.23. The van der Waals surface area contributed by atoms with Gasteiger partial charge in [-0.25, -0.2) is 9.78 Å². The van der Waals surface area contributed by atoms with Gasteiger partial charge in [-0.2, -0.15) is 0 Å². The fraction of sp³-hybridized carbons (Fsp3) is 0.150. The maximum Gasteiger partial charge on any atom is 0.338 e. The van der Waals surface area contributed by atoms with Gasteiger partial charge in [-0.1, -0.05) is 12.1 Å². The third kappa shape index (κ3) is 4.82. The van der Waals surface area contributed by atoms with Crippen molar-refractivity contribution in [2.45, 2.75) is 13.8 Å². The zero-order valence-electron chi connectivity index (χ0n) is 15.7. The van der Waals surface area contributed by atoms with Gasteiger partial charge in [-0.15, -0.1) is 11.3 Å². The standard InChI is InChI=1S/C20H17N3O5S/c1-3-28-20(25)15-8-14(9-17(10-15)23(26)27)19(24)22-16-6-4-13(5-7-16)18-11-29-12(2)21-18/h4-11H,3H2,1-2H3,(H,22,24). The molecule has 8 nitrogen and oxygen atoms in total. The van der Waals surface area contributed by atoms with Gasteiger partial charge in [0, 0.05) is 34.3 Å². The van der Waals surface area contributed by atoms with E-state index in [1.807, 2.05) is 24.4 Å². The van der Waals surface area contributed by atoms with Gasteiger partial charge in [0.15, 0.2) is 0 Å². The number of anilines is 1. The van der Waals surface area contributed by atoms with Gasteiger partial charge in [0.25, 0.3) is 11.6 Å². The second kappa shape index (κ2) is 8.61. The number of aryl methyl sites for hydroxylation is 1. The molecule has 0 aliphatic rings. The number of rotatable bonds is 6. The molecule has 0 aliphatic heterocycles. The molecule has 1 heterocycles. The number of amides is 1. The van der Waals surface area contributed by atoms with Crippen LogP contribution in [0.1, 0.15) is 32.6 Å². The van der Waals surface area contributed by atoms with Crippen molar-refractivity contribution in [2.75, 3.05) is 11.9 Å². The molecule has 0 radical (unpaired) electrons. The number of hydrogen-bond acceptors (Lipinski definition) is 7. The topological polar surface area (TPSA) is 111 Å². The largest absolute Gasteiger partial charge is 0.462 e. The second-order valence-corrected chi connectivity index (χ2v) is 7.09. The van der Waals surface area contributed by atoms with Crippen molar-refractivity contribution in [1.29, 1.82) is 0 Å². The number of carbonyl (C=O) groups excluding carboxylic acids is 2. The minimum Gasteiger partial charge on any atom is -0.462 e. The predicted molar refractivity (Wildman–Crippen MR) is 109 cm³/mol. The van der Waals surface area contributed by atoms with E-state index in [4.69, 9.17) is 4.74 Å². The van der Waals surface area contributed by atoms with E-state index in [0.717, 1.165) is 28.4 Å². The van der Waals surface area contributed by atoms with Crippen LogP contribution < -0.4 is 5.32 Å². The summed E-state index contributed by atoms with van der Waals surface area (Å²) in [4.78, 5) is 39.4. The van der Waals surface area contributed by atoms with Crippen LogP contribution >= 0.6 is 11.3 Å². The summed E-state index contributed by atoms with van der Waals surface area (Å²) >= 11 is 1.55. The smallest absolute Gasteiger partial charge is 0.338 e. The molecule has 0 saturated carbocycles. The third-order valence-corrected chi connectivity index (χ3v) is 4.73. The molecule has 3 rings (SSSR count). The summed E-state index contributed by atoms with van der Waals surface area (Å²) in [6.45, 7) is 3.67. The van der Waals surface area contributed by atoms with Gasteiger partial charge >= 0.3 is 5.97 Å². The summed E-state index contributed by atoms with van der Waals surface area (Å²) in [5.41, 5.74) is 1.84. The van der Waals surface area contributed by atoms with Crippen molar-refractivity contribution in [3.63, 3.8) is 0 Å². The lowest BCUT2D eigenvalue weighted by Crippen LogP contribution is -2.14. The number of benzene rings is 2. The number of thiazole rings is 1. The number of nitro benzene ring substituents is 1. The van der Waals surface area contributed by atoms with Gasteiger partial charge < -0.3 is 10.1 Å². The van der Waals surface area contributed by atoms with Crippen LogP contribution in [0, 0.1) is 17.0 Å². The Bertz CT molecular complexity index is 1080. The van der Waals surface area contributed by atoms with E-state index in [0.29, 0.717) is 5.69 Å². The number of aromatic nitrogens is 1. The highest BCUT2D eigenvalue weighted by molar-refractivity contribution is 7.09. The van der Waals surface area contributed by atoms with Crippen molar-refractivity contribution >= 4 is 34.6 Å². The van der Waals surface area contributed by atoms with Crippen molar-refractivity contribution in [1.82, 2.24) is 4.98 Å². The average molecular weight is 411 g/mol. The summed E-state index contributed by atoms with van der Waals surface area (Å²) in [7, 11) is 0. The Morgan fingerprint density at radius 3 is 2.45 bits per heavy atom. The van der Waals surface area contributed by atoms with Crippen LogP contribution in [0.15, 0.2) is 47.8 Å². The third-order valence-electron chi connectivity index (χ3n) is 3.96. The molecule has 1 N–H and O–H groups in total. The Hall–Kier alpha value is -3.59. The number of nitrogens with one attached hydrogen (secondary N) is 1. The fourth-order valence-electron chi connectivity index (χ4n) is 2.60. The molecule has 9 heteroatoms. The summed E-state index contributed by atoms with van der Waals surface area (Å²) < 4.78 is 4.87. The lowest BCUT2D eigenvalue weighted by molar-refractivity contribution is -0.384. The lowest BCUT2D eigenvalue weighted by Gasteiger charge is -2.08. The monoisotopic (exact) mass is 411 g/mol. The normalized spacial score (nSPS) is 10.4. The number of carbonyl (C=O) groups is 2. The van der Waals surface area contributed by atoms with Gasteiger partial charge in [-0.05, 0) is 32.0 Å². The molecular formula is C20H17N3O5S. The number of ether oxygens (including phenoxy) is 1. The van der Waals surface area contributed by atoms with E-state index in [1.54, 1.807) is 30.4 Å². The van der Waals surface area contributed by atoms with Crippen molar-refractivity contribution < 1.29 is 19.2 Å². The van der Waals surface area contributed by atoms with Crippen molar-refractivity contribution in [2.24, 2.45) is 0 Å². The molecule has 148 valence electrons. The molecule has 3 aromatic rings. The van der Waals surface area contributed by atoms with Crippen LogP contribution in [0.2, 0.25) is 0 Å². The maximum absolute atomic E-state index is 12.6. The van der Waals surface area contributed by atoms with Gasteiger partial charge in [-0.3, -0.25) is 14.9 Å². The highest BCUT2D eigenvalue weighted by atomic mass is 32.1. The Morgan fingerprint density at radius 1 is 1.17 bits per heavy atom. The zero-order chi connectivity index (χ0) is 21.0. The minimum atomic E-state index is -0.729. The Labute approximate surface area is 170 Å².